The van der Waals surface area contributed by atoms with Crippen LogP contribution >= 0.6 is 0 Å². The highest BCUT2D eigenvalue weighted by atomic mass is 15.3. The first-order valence-corrected chi connectivity index (χ1v) is 10.4. The van der Waals surface area contributed by atoms with Crippen molar-refractivity contribution in [1.82, 2.24) is 14.8 Å². The molecule has 4 aromatic carbocycles. The van der Waals surface area contributed by atoms with Gasteiger partial charge in [-0.3, -0.25) is 0 Å². The van der Waals surface area contributed by atoms with Crippen LogP contribution in [-0.4, -0.2) is 14.8 Å². The van der Waals surface area contributed by atoms with Crippen LogP contribution in [0.4, 0.5) is 0 Å². The first kappa shape index (κ1) is 17.6. The van der Waals surface area contributed by atoms with E-state index in [1.165, 1.54) is 0 Å². The predicted octanol–water partition coefficient (Wildman–Crippen LogP) is 6.91. The van der Waals surface area contributed by atoms with Gasteiger partial charge in [0.1, 0.15) is 5.69 Å². The number of hydrogen-bond acceptors (Lipinski definition) is 2. The Kier molecular flexibility index (Phi) is 4.10. The number of pyridine rings is 1. The molecular weight excluding hydrogens is 378 g/mol. The number of fused-ring (bicyclic) bond motifs is 3. The molecule has 31 heavy (non-hydrogen) atoms. The van der Waals surface area contributed by atoms with Crippen LogP contribution in [0.25, 0.3) is 50.0 Å². The molecule has 0 aliphatic heterocycles. The fraction of sp³-hybridized carbons (Fsp3) is 0. The van der Waals surface area contributed by atoms with Crippen LogP contribution < -0.4 is 0 Å². The topological polar surface area (TPSA) is 30.7 Å². The Morgan fingerprint density at radius 2 is 1.06 bits per heavy atom. The molecule has 6 rings (SSSR count). The third-order valence-electron chi connectivity index (χ3n) is 5.61. The fourth-order valence-electron chi connectivity index (χ4n) is 4.20. The average molecular weight is 397 g/mol. The van der Waals surface area contributed by atoms with Crippen molar-refractivity contribution in [3.05, 3.63) is 115 Å². The summed E-state index contributed by atoms with van der Waals surface area (Å²) in [5, 5.41) is 7.31. The molecule has 0 saturated carbocycles. The molecule has 3 heteroatoms. The van der Waals surface area contributed by atoms with E-state index in [1.807, 2.05) is 36.4 Å². The minimum Gasteiger partial charge on any atom is -0.247 e. The molecule has 0 atom stereocenters. The summed E-state index contributed by atoms with van der Waals surface area (Å²) in [4.78, 5) is 5.11. The summed E-state index contributed by atoms with van der Waals surface area (Å²) in [5.41, 5.74) is 7.14. The summed E-state index contributed by atoms with van der Waals surface area (Å²) < 4.78 is 2.06. The number of para-hydroxylation sites is 2. The van der Waals surface area contributed by atoms with Gasteiger partial charge < -0.3 is 0 Å². The van der Waals surface area contributed by atoms with Gasteiger partial charge in [-0.1, -0.05) is 97.1 Å². The van der Waals surface area contributed by atoms with Crippen LogP contribution in [0.15, 0.2) is 115 Å². The van der Waals surface area contributed by atoms with Gasteiger partial charge in [0.2, 0.25) is 0 Å². The summed E-state index contributed by atoms with van der Waals surface area (Å²) in [6.45, 7) is 0. The zero-order chi connectivity index (χ0) is 20.6. The molecular formula is C28H19N3. The number of aromatic nitrogens is 3. The molecule has 0 amide bonds. The monoisotopic (exact) mass is 397 g/mol. The van der Waals surface area contributed by atoms with E-state index in [2.05, 4.69) is 83.5 Å². The van der Waals surface area contributed by atoms with E-state index in [-0.39, 0.29) is 0 Å². The molecule has 0 unspecified atom stereocenters. The Morgan fingerprint density at radius 3 is 1.74 bits per heavy atom. The molecule has 0 spiro atoms. The summed E-state index contributed by atoms with van der Waals surface area (Å²) in [6, 6.07) is 39.4. The van der Waals surface area contributed by atoms with Gasteiger partial charge in [-0.25, -0.2) is 9.67 Å². The third kappa shape index (κ3) is 2.90. The van der Waals surface area contributed by atoms with Crippen molar-refractivity contribution in [3.63, 3.8) is 0 Å². The summed E-state index contributed by atoms with van der Waals surface area (Å²) in [5.74, 6) is 0. The molecule has 3 nitrogen and oxygen atoms in total. The van der Waals surface area contributed by atoms with Gasteiger partial charge in [-0.15, -0.1) is 0 Å². The quantitative estimate of drug-likeness (QED) is 0.325. The Hall–Kier alpha value is -4.24. The Morgan fingerprint density at radius 1 is 0.516 bits per heavy atom. The molecule has 2 aromatic heterocycles. The standard InChI is InChI=1S/C28H19N3/c1-4-12-20(13-5-1)26-25-27(21-14-6-2-7-15-21)30-31(22-16-8-3-9-17-22)28(25)23-18-10-11-19-24(23)29-26/h1-19H. The average Bonchev–Trinajstić information content (AvgIpc) is 3.26. The lowest BCUT2D eigenvalue weighted by Gasteiger charge is -2.10. The van der Waals surface area contributed by atoms with Crippen molar-refractivity contribution in [2.45, 2.75) is 0 Å². The number of benzene rings is 4. The van der Waals surface area contributed by atoms with Gasteiger partial charge in [0.25, 0.3) is 0 Å². The second-order valence-corrected chi connectivity index (χ2v) is 7.53. The van der Waals surface area contributed by atoms with E-state index in [9.17, 15) is 0 Å². The van der Waals surface area contributed by atoms with Gasteiger partial charge in [0, 0.05) is 16.5 Å². The summed E-state index contributed by atoms with van der Waals surface area (Å²) in [6.07, 6.45) is 0. The maximum Gasteiger partial charge on any atom is 0.103 e. The summed E-state index contributed by atoms with van der Waals surface area (Å²) in [7, 11) is 0. The molecule has 0 aliphatic rings. The molecule has 0 saturated heterocycles. The van der Waals surface area contributed by atoms with E-state index >= 15 is 0 Å². The van der Waals surface area contributed by atoms with Gasteiger partial charge >= 0.3 is 0 Å². The van der Waals surface area contributed by atoms with Crippen LogP contribution in [0.2, 0.25) is 0 Å². The second-order valence-electron chi connectivity index (χ2n) is 7.53. The van der Waals surface area contributed by atoms with Gasteiger partial charge in [-0.05, 0) is 18.2 Å². The lowest BCUT2D eigenvalue weighted by atomic mass is 10.00. The Labute approximate surface area is 180 Å². The van der Waals surface area contributed by atoms with Crippen LogP contribution in [0.1, 0.15) is 0 Å². The Balaban J connectivity index is 1.84. The van der Waals surface area contributed by atoms with Crippen LogP contribution in [0, 0.1) is 0 Å². The largest absolute Gasteiger partial charge is 0.247 e. The molecule has 0 N–H and O–H groups in total. The first-order valence-electron chi connectivity index (χ1n) is 10.4. The minimum atomic E-state index is 0.941. The van der Waals surface area contributed by atoms with E-state index in [0.717, 1.165) is 50.0 Å². The zero-order valence-corrected chi connectivity index (χ0v) is 16.8. The molecule has 0 aliphatic carbocycles. The third-order valence-corrected chi connectivity index (χ3v) is 5.61. The number of rotatable bonds is 3. The molecule has 146 valence electrons. The lowest BCUT2D eigenvalue weighted by molar-refractivity contribution is 0.918. The minimum absolute atomic E-state index is 0.941. The molecule has 6 aromatic rings. The fourth-order valence-corrected chi connectivity index (χ4v) is 4.20. The van der Waals surface area contributed by atoms with E-state index in [0.29, 0.717) is 0 Å². The van der Waals surface area contributed by atoms with Crippen molar-refractivity contribution in [2.75, 3.05) is 0 Å². The van der Waals surface area contributed by atoms with Gasteiger partial charge in [0.05, 0.1) is 27.8 Å². The predicted molar refractivity (Wildman–Crippen MR) is 127 cm³/mol. The molecule has 0 radical (unpaired) electrons. The normalized spacial score (nSPS) is 11.2. The van der Waals surface area contributed by atoms with E-state index in [1.54, 1.807) is 0 Å². The zero-order valence-electron chi connectivity index (χ0n) is 16.8. The first-order chi connectivity index (χ1) is 15.4. The van der Waals surface area contributed by atoms with Crippen molar-refractivity contribution < 1.29 is 0 Å². The van der Waals surface area contributed by atoms with Crippen molar-refractivity contribution in [2.24, 2.45) is 0 Å². The SMILES string of the molecule is c1ccc(-c2nc3ccccc3c3c2c(-c2ccccc2)nn3-c2ccccc2)cc1. The maximum absolute atomic E-state index is 5.14. The van der Waals surface area contributed by atoms with Crippen molar-refractivity contribution in [1.29, 1.82) is 0 Å². The smallest absolute Gasteiger partial charge is 0.103 e. The highest BCUT2D eigenvalue weighted by molar-refractivity contribution is 6.14. The number of nitrogens with zero attached hydrogens (tertiary/aromatic N) is 3. The van der Waals surface area contributed by atoms with E-state index in [4.69, 9.17) is 10.1 Å². The van der Waals surface area contributed by atoms with Crippen LogP contribution in [-0.2, 0) is 0 Å². The molecule has 2 heterocycles. The van der Waals surface area contributed by atoms with Crippen LogP contribution in [0.3, 0.4) is 0 Å². The van der Waals surface area contributed by atoms with Crippen molar-refractivity contribution in [3.8, 4) is 28.2 Å². The van der Waals surface area contributed by atoms with Crippen molar-refractivity contribution >= 4 is 21.8 Å². The van der Waals surface area contributed by atoms with Gasteiger partial charge in [-0.2, -0.15) is 5.10 Å². The summed E-state index contributed by atoms with van der Waals surface area (Å²) >= 11 is 0. The van der Waals surface area contributed by atoms with E-state index < -0.39 is 0 Å². The Bertz CT molecular complexity index is 1500. The highest BCUT2D eigenvalue weighted by Gasteiger charge is 2.21. The molecule has 0 bridgehead atoms. The van der Waals surface area contributed by atoms with Crippen LogP contribution in [0.5, 0.6) is 0 Å². The second kappa shape index (κ2) is 7.22. The molecule has 0 fully saturated rings. The number of hydrogen-bond donors (Lipinski definition) is 0. The lowest BCUT2D eigenvalue weighted by Crippen LogP contribution is -1.97. The maximum atomic E-state index is 5.14. The highest BCUT2D eigenvalue weighted by Crippen LogP contribution is 2.39. The van der Waals surface area contributed by atoms with Gasteiger partial charge in [0.15, 0.2) is 0 Å².